The molecular formula is C27H27N3O4. The average Bonchev–Trinajstić information content (AvgIpc) is 3.26. The molecule has 7 nitrogen and oxygen atoms in total. The number of allylic oxidation sites excluding steroid dienone is 2. The van der Waals surface area contributed by atoms with Crippen molar-refractivity contribution >= 4 is 11.9 Å². The number of esters is 2. The molecule has 0 radical (unpaired) electrons. The number of ether oxygens (including phenoxy) is 2. The normalized spacial score (nSPS) is 17.6. The Labute approximate surface area is 199 Å². The predicted octanol–water partition coefficient (Wildman–Crippen LogP) is 3.53. The summed E-state index contributed by atoms with van der Waals surface area (Å²) in [5.41, 5.74) is 5.56. The number of hydrogen-bond acceptors (Lipinski definition) is 7. The van der Waals surface area contributed by atoms with Gasteiger partial charge >= 0.3 is 11.9 Å². The molecule has 2 heterocycles. The first-order chi connectivity index (χ1) is 16.4. The molecule has 1 atom stereocenters. The summed E-state index contributed by atoms with van der Waals surface area (Å²) < 4.78 is 10.7. The average molecular weight is 458 g/mol. The SMILES string of the molecule is COC(=O)C1=C(C)NC(C)=C(C(=O)OCCN2Cc3ccccc3C2)C1c1cccc(C#N)c1. The van der Waals surface area contributed by atoms with Crippen molar-refractivity contribution in [3.05, 3.63) is 93.3 Å². The summed E-state index contributed by atoms with van der Waals surface area (Å²) in [7, 11) is 1.31. The van der Waals surface area contributed by atoms with Crippen molar-refractivity contribution in [1.82, 2.24) is 10.2 Å². The summed E-state index contributed by atoms with van der Waals surface area (Å²) in [4.78, 5) is 28.3. The van der Waals surface area contributed by atoms with Gasteiger partial charge in [-0.05, 0) is 42.7 Å². The lowest BCUT2D eigenvalue weighted by Crippen LogP contribution is -2.33. The van der Waals surface area contributed by atoms with E-state index in [1.807, 2.05) is 12.1 Å². The van der Waals surface area contributed by atoms with Crippen LogP contribution in [0.3, 0.4) is 0 Å². The fourth-order valence-electron chi connectivity index (χ4n) is 4.67. The molecule has 2 aromatic carbocycles. The highest BCUT2D eigenvalue weighted by Gasteiger charge is 2.38. The number of nitriles is 1. The Bertz CT molecular complexity index is 1210. The summed E-state index contributed by atoms with van der Waals surface area (Å²) in [6.07, 6.45) is 0. The third-order valence-electron chi connectivity index (χ3n) is 6.28. The van der Waals surface area contributed by atoms with Gasteiger partial charge < -0.3 is 14.8 Å². The number of benzene rings is 2. The highest BCUT2D eigenvalue weighted by Crippen LogP contribution is 2.39. The van der Waals surface area contributed by atoms with Gasteiger partial charge in [-0.25, -0.2) is 9.59 Å². The van der Waals surface area contributed by atoms with Crippen LogP contribution in [0.15, 0.2) is 71.1 Å². The van der Waals surface area contributed by atoms with Gasteiger partial charge in [0, 0.05) is 31.0 Å². The van der Waals surface area contributed by atoms with Crippen molar-refractivity contribution in [3.8, 4) is 6.07 Å². The van der Waals surface area contributed by atoms with Crippen molar-refractivity contribution in [2.45, 2.75) is 32.9 Å². The first-order valence-corrected chi connectivity index (χ1v) is 11.2. The summed E-state index contributed by atoms with van der Waals surface area (Å²) >= 11 is 0. The van der Waals surface area contributed by atoms with Crippen LogP contribution in [-0.4, -0.2) is 37.1 Å². The van der Waals surface area contributed by atoms with Crippen molar-refractivity contribution in [3.63, 3.8) is 0 Å². The molecule has 4 rings (SSSR count). The summed E-state index contributed by atoms with van der Waals surface area (Å²) in [5.74, 6) is -1.74. The number of dihydropyridines is 1. The number of fused-ring (bicyclic) bond motifs is 1. The Morgan fingerprint density at radius 1 is 1.03 bits per heavy atom. The molecule has 0 fully saturated rings. The van der Waals surface area contributed by atoms with Crippen molar-refractivity contribution in [2.24, 2.45) is 0 Å². The third-order valence-corrected chi connectivity index (χ3v) is 6.28. The van der Waals surface area contributed by atoms with Crippen molar-refractivity contribution in [1.29, 1.82) is 5.26 Å². The fraction of sp³-hybridized carbons (Fsp3) is 0.296. The standard InChI is InChI=1S/C27H27N3O4/c1-17-23(26(31)33-3)25(20-10-6-7-19(13-20)14-28)24(18(2)29-17)27(32)34-12-11-30-15-21-8-4-5-9-22(21)16-30/h4-10,13,25,29H,11-12,15-16H2,1-3H3. The van der Waals surface area contributed by atoms with Crippen LogP contribution < -0.4 is 5.32 Å². The molecule has 7 heteroatoms. The Morgan fingerprint density at radius 2 is 1.68 bits per heavy atom. The van der Waals surface area contributed by atoms with Gasteiger partial charge in [-0.15, -0.1) is 0 Å². The second kappa shape index (κ2) is 9.94. The van der Waals surface area contributed by atoms with Gasteiger partial charge in [0.15, 0.2) is 0 Å². The first-order valence-electron chi connectivity index (χ1n) is 11.2. The number of hydrogen-bond donors (Lipinski definition) is 1. The van der Waals surface area contributed by atoms with E-state index < -0.39 is 17.9 Å². The monoisotopic (exact) mass is 457 g/mol. The first kappa shape index (κ1) is 23.3. The van der Waals surface area contributed by atoms with Crippen LogP contribution in [0.1, 0.15) is 42.0 Å². The summed E-state index contributed by atoms with van der Waals surface area (Å²) in [6.45, 7) is 6.04. The molecule has 0 saturated heterocycles. The molecule has 2 aliphatic heterocycles. The highest BCUT2D eigenvalue weighted by atomic mass is 16.5. The van der Waals surface area contributed by atoms with Crippen LogP contribution in [0.4, 0.5) is 0 Å². The molecule has 0 saturated carbocycles. The van der Waals surface area contributed by atoms with E-state index in [2.05, 4.69) is 28.4 Å². The summed E-state index contributed by atoms with van der Waals surface area (Å²) in [6, 6.07) is 17.3. The number of rotatable bonds is 6. The largest absolute Gasteiger partial charge is 0.466 e. The molecule has 0 aromatic heterocycles. The van der Waals surface area contributed by atoms with Crippen LogP contribution in [0.5, 0.6) is 0 Å². The van der Waals surface area contributed by atoms with E-state index >= 15 is 0 Å². The molecule has 1 unspecified atom stereocenters. The topological polar surface area (TPSA) is 91.7 Å². The maximum absolute atomic E-state index is 13.3. The lowest BCUT2D eigenvalue weighted by atomic mass is 9.80. The van der Waals surface area contributed by atoms with E-state index in [0.29, 0.717) is 40.2 Å². The van der Waals surface area contributed by atoms with Crippen molar-refractivity contribution < 1.29 is 19.1 Å². The number of methoxy groups -OCH3 is 1. The van der Waals surface area contributed by atoms with Crippen molar-refractivity contribution in [2.75, 3.05) is 20.3 Å². The minimum atomic E-state index is -0.703. The van der Waals surface area contributed by atoms with E-state index in [1.54, 1.807) is 38.1 Å². The third kappa shape index (κ3) is 4.59. The maximum atomic E-state index is 13.3. The molecule has 0 spiro atoms. The van der Waals surface area contributed by atoms with Crippen LogP contribution >= 0.6 is 0 Å². The lowest BCUT2D eigenvalue weighted by Gasteiger charge is -2.30. The van der Waals surface area contributed by atoms with E-state index in [0.717, 1.165) is 13.1 Å². The van der Waals surface area contributed by atoms with Gasteiger partial charge in [0.1, 0.15) is 6.61 Å². The maximum Gasteiger partial charge on any atom is 0.336 e. The van der Waals surface area contributed by atoms with Gasteiger partial charge in [0.25, 0.3) is 0 Å². The van der Waals surface area contributed by atoms with Gasteiger partial charge in [-0.1, -0.05) is 36.4 Å². The van der Waals surface area contributed by atoms with Gasteiger partial charge in [0.05, 0.1) is 35.8 Å². The quantitative estimate of drug-likeness (QED) is 0.664. The Hall–Kier alpha value is -3.89. The highest BCUT2D eigenvalue weighted by molar-refractivity contribution is 5.99. The molecule has 2 aromatic rings. The second-order valence-electron chi connectivity index (χ2n) is 8.48. The van der Waals surface area contributed by atoms with Gasteiger partial charge in [-0.2, -0.15) is 5.26 Å². The van der Waals surface area contributed by atoms with E-state index in [4.69, 9.17) is 9.47 Å². The summed E-state index contributed by atoms with van der Waals surface area (Å²) in [5, 5.41) is 12.5. The Kier molecular flexibility index (Phi) is 6.80. The van der Waals surface area contributed by atoms with Gasteiger partial charge in [-0.3, -0.25) is 4.90 Å². The zero-order valence-electron chi connectivity index (χ0n) is 19.6. The number of nitrogens with zero attached hydrogens (tertiary/aromatic N) is 2. The zero-order chi connectivity index (χ0) is 24.2. The number of carbonyl (C=O) groups is 2. The smallest absolute Gasteiger partial charge is 0.336 e. The van der Waals surface area contributed by atoms with E-state index in [9.17, 15) is 14.9 Å². The molecule has 174 valence electrons. The molecule has 0 amide bonds. The molecule has 0 bridgehead atoms. The minimum absolute atomic E-state index is 0.227. The van der Waals surface area contributed by atoms with E-state index in [1.165, 1.54) is 18.2 Å². The van der Waals surface area contributed by atoms with Crippen LogP contribution in [0, 0.1) is 11.3 Å². The Morgan fingerprint density at radius 3 is 2.29 bits per heavy atom. The predicted molar refractivity (Wildman–Crippen MR) is 126 cm³/mol. The number of carbonyl (C=O) groups excluding carboxylic acids is 2. The zero-order valence-corrected chi connectivity index (χ0v) is 19.6. The molecule has 2 aliphatic rings. The molecule has 1 N–H and O–H groups in total. The fourth-order valence-corrected chi connectivity index (χ4v) is 4.67. The second-order valence-corrected chi connectivity index (χ2v) is 8.48. The number of nitrogens with one attached hydrogen (secondary N) is 1. The van der Waals surface area contributed by atoms with E-state index in [-0.39, 0.29) is 6.61 Å². The molecular weight excluding hydrogens is 430 g/mol. The van der Waals surface area contributed by atoms with Crippen LogP contribution in [0.25, 0.3) is 0 Å². The van der Waals surface area contributed by atoms with Crippen LogP contribution in [0.2, 0.25) is 0 Å². The van der Waals surface area contributed by atoms with Crippen LogP contribution in [-0.2, 0) is 32.2 Å². The minimum Gasteiger partial charge on any atom is -0.466 e. The van der Waals surface area contributed by atoms with Gasteiger partial charge in [0.2, 0.25) is 0 Å². The molecule has 0 aliphatic carbocycles. The Balaban J connectivity index is 1.55. The molecule has 34 heavy (non-hydrogen) atoms. The lowest BCUT2D eigenvalue weighted by molar-refractivity contribution is -0.140.